The molecular weight excluding hydrogens is 554 g/mol. The quantitative estimate of drug-likeness (QED) is 0.142. The van der Waals surface area contributed by atoms with Crippen molar-refractivity contribution in [2.24, 2.45) is 4.99 Å². The first-order valence-corrected chi connectivity index (χ1v) is 13.5. The highest BCUT2D eigenvalue weighted by Gasteiger charge is 2.23. The fraction of sp³-hybridized carbons (Fsp3) is 0.212. The van der Waals surface area contributed by atoms with Crippen molar-refractivity contribution in [1.82, 2.24) is 0 Å². The SMILES string of the molecule is CCOC(=O)C(N=C(c1ccccc1)c1ccccc1)c1ccc(COC)cc1.COCc1ccc(Br)cc1. The van der Waals surface area contributed by atoms with Gasteiger partial charge in [0.05, 0.1) is 25.5 Å². The molecule has 0 fully saturated rings. The highest BCUT2D eigenvalue weighted by molar-refractivity contribution is 9.10. The van der Waals surface area contributed by atoms with Gasteiger partial charge in [0.25, 0.3) is 0 Å². The summed E-state index contributed by atoms with van der Waals surface area (Å²) < 4.78 is 16.6. The van der Waals surface area contributed by atoms with Gasteiger partial charge in [-0.05, 0) is 35.7 Å². The van der Waals surface area contributed by atoms with E-state index in [1.165, 1.54) is 5.56 Å². The molecule has 0 radical (unpaired) electrons. The number of methoxy groups -OCH3 is 2. The second kappa shape index (κ2) is 16.4. The van der Waals surface area contributed by atoms with Crippen LogP contribution in [0.15, 0.2) is 119 Å². The van der Waals surface area contributed by atoms with Crippen molar-refractivity contribution >= 4 is 27.6 Å². The molecule has 6 heteroatoms. The molecular formula is C33H34BrNO4. The van der Waals surface area contributed by atoms with Gasteiger partial charge in [0.1, 0.15) is 0 Å². The summed E-state index contributed by atoms with van der Waals surface area (Å²) in [5.74, 6) is -0.364. The molecule has 39 heavy (non-hydrogen) atoms. The Morgan fingerprint density at radius 1 is 0.718 bits per heavy atom. The van der Waals surface area contributed by atoms with Crippen LogP contribution in [-0.2, 0) is 32.2 Å². The van der Waals surface area contributed by atoms with Crippen LogP contribution in [0.25, 0.3) is 0 Å². The number of carbonyl (C=O) groups is 1. The molecule has 0 aliphatic carbocycles. The second-order valence-electron chi connectivity index (χ2n) is 8.60. The summed E-state index contributed by atoms with van der Waals surface area (Å²) in [5.41, 5.74) is 5.67. The number of aliphatic imine (C=N–C) groups is 1. The fourth-order valence-electron chi connectivity index (χ4n) is 3.83. The molecule has 0 aromatic heterocycles. The van der Waals surface area contributed by atoms with Crippen molar-refractivity contribution in [2.45, 2.75) is 26.2 Å². The zero-order valence-corrected chi connectivity index (χ0v) is 24.1. The second-order valence-corrected chi connectivity index (χ2v) is 9.51. The lowest BCUT2D eigenvalue weighted by Gasteiger charge is -2.16. The molecule has 4 rings (SSSR count). The van der Waals surface area contributed by atoms with Crippen LogP contribution in [0.3, 0.4) is 0 Å². The van der Waals surface area contributed by atoms with E-state index in [1.807, 2.05) is 109 Å². The summed E-state index contributed by atoms with van der Waals surface area (Å²) in [6, 6.07) is 34.8. The Kier molecular flexibility index (Phi) is 12.6. The third-order valence-electron chi connectivity index (χ3n) is 5.69. The summed E-state index contributed by atoms with van der Waals surface area (Å²) in [6.45, 7) is 3.31. The Morgan fingerprint density at radius 2 is 1.18 bits per heavy atom. The van der Waals surface area contributed by atoms with Crippen molar-refractivity contribution in [3.63, 3.8) is 0 Å². The van der Waals surface area contributed by atoms with E-state index in [-0.39, 0.29) is 5.97 Å². The molecule has 5 nitrogen and oxygen atoms in total. The smallest absolute Gasteiger partial charge is 0.335 e. The first-order valence-electron chi connectivity index (χ1n) is 12.7. The van der Waals surface area contributed by atoms with Crippen LogP contribution >= 0.6 is 15.9 Å². The van der Waals surface area contributed by atoms with Gasteiger partial charge in [0.2, 0.25) is 0 Å². The van der Waals surface area contributed by atoms with Crippen LogP contribution in [0.5, 0.6) is 0 Å². The number of hydrogen-bond acceptors (Lipinski definition) is 5. The molecule has 0 saturated carbocycles. The van der Waals surface area contributed by atoms with Gasteiger partial charge in [0, 0.05) is 29.8 Å². The van der Waals surface area contributed by atoms with Crippen molar-refractivity contribution < 1.29 is 19.0 Å². The minimum atomic E-state index is -0.748. The molecule has 0 aliphatic rings. The minimum Gasteiger partial charge on any atom is -0.464 e. The van der Waals surface area contributed by atoms with Gasteiger partial charge in [-0.15, -0.1) is 0 Å². The first-order chi connectivity index (χ1) is 19.0. The third-order valence-corrected chi connectivity index (χ3v) is 6.22. The van der Waals surface area contributed by atoms with Crippen LogP contribution in [0, 0.1) is 0 Å². The Morgan fingerprint density at radius 3 is 1.62 bits per heavy atom. The molecule has 0 N–H and O–H groups in total. The first kappa shape index (κ1) is 30.0. The van der Waals surface area contributed by atoms with E-state index < -0.39 is 6.04 Å². The van der Waals surface area contributed by atoms with Gasteiger partial charge in [-0.1, -0.05) is 113 Å². The number of ether oxygens (including phenoxy) is 3. The highest BCUT2D eigenvalue weighted by Crippen LogP contribution is 2.24. The Labute approximate surface area is 239 Å². The number of benzene rings is 4. The fourth-order valence-corrected chi connectivity index (χ4v) is 4.10. The standard InChI is InChI=1S/C25H25NO3.C8H9BrO/c1-3-29-25(27)24(22-16-14-19(15-17-22)18-28-2)26-23(20-10-6-4-7-11-20)21-12-8-5-9-13-21;1-10-6-7-2-4-8(9)5-3-7/h4-17,24H,3,18H2,1-2H3;2-5H,6H2,1H3. The van der Waals surface area contributed by atoms with Gasteiger partial charge in [-0.25, -0.2) is 4.79 Å². The van der Waals surface area contributed by atoms with E-state index in [1.54, 1.807) is 21.1 Å². The van der Waals surface area contributed by atoms with Crippen molar-refractivity contribution in [3.8, 4) is 0 Å². The van der Waals surface area contributed by atoms with Crippen LogP contribution in [0.2, 0.25) is 0 Å². The van der Waals surface area contributed by atoms with Crippen molar-refractivity contribution in [1.29, 1.82) is 0 Å². The lowest BCUT2D eigenvalue weighted by Crippen LogP contribution is -2.17. The normalized spacial score (nSPS) is 11.1. The number of hydrogen-bond donors (Lipinski definition) is 0. The minimum absolute atomic E-state index is 0.304. The Hall–Kier alpha value is -3.58. The summed E-state index contributed by atoms with van der Waals surface area (Å²) in [5, 5.41) is 0. The lowest BCUT2D eigenvalue weighted by atomic mass is 10.00. The van der Waals surface area contributed by atoms with E-state index in [9.17, 15) is 4.79 Å². The van der Waals surface area contributed by atoms with Gasteiger partial charge >= 0.3 is 5.97 Å². The van der Waals surface area contributed by atoms with Crippen LogP contribution in [0.4, 0.5) is 0 Å². The van der Waals surface area contributed by atoms with Crippen LogP contribution in [-0.4, -0.2) is 32.5 Å². The van der Waals surface area contributed by atoms with Gasteiger partial charge < -0.3 is 14.2 Å². The van der Waals surface area contributed by atoms with Gasteiger partial charge in [0.15, 0.2) is 6.04 Å². The zero-order chi connectivity index (χ0) is 27.9. The summed E-state index contributed by atoms with van der Waals surface area (Å²) in [4.78, 5) is 17.7. The summed E-state index contributed by atoms with van der Waals surface area (Å²) in [7, 11) is 3.35. The predicted molar refractivity (Wildman–Crippen MR) is 160 cm³/mol. The molecule has 1 atom stereocenters. The van der Waals surface area contributed by atoms with Crippen molar-refractivity contribution in [3.05, 3.63) is 141 Å². The monoisotopic (exact) mass is 587 g/mol. The maximum absolute atomic E-state index is 12.8. The lowest BCUT2D eigenvalue weighted by molar-refractivity contribution is -0.144. The molecule has 4 aromatic rings. The largest absolute Gasteiger partial charge is 0.464 e. The third kappa shape index (κ3) is 9.59. The number of esters is 1. The summed E-state index contributed by atoms with van der Waals surface area (Å²) >= 11 is 3.36. The number of nitrogens with zero attached hydrogens (tertiary/aromatic N) is 1. The number of rotatable bonds is 10. The molecule has 0 bridgehead atoms. The molecule has 0 aliphatic heterocycles. The van der Waals surface area contributed by atoms with E-state index in [0.717, 1.165) is 32.4 Å². The maximum atomic E-state index is 12.8. The van der Waals surface area contributed by atoms with Crippen LogP contribution in [0.1, 0.15) is 40.8 Å². The topological polar surface area (TPSA) is 57.1 Å². The average molecular weight is 589 g/mol. The molecule has 0 spiro atoms. The van der Waals surface area contributed by atoms with E-state index in [4.69, 9.17) is 19.2 Å². The zero-order valence-electron chi connectivity index (χ0n) is 22.5. The molecule has 0 amide bonds. The Balaban J connectivity index is 0.000000353. The Bertz CT molecular complexity index is 1250. The van der Waals surface area contributed by atoms with E-state index >= 15 is 0 Å². The number of carbonyl (C=O) groups excluding carboxylic acids is 1. The van der Waals surface area contributed by atoms with Crippen LogP contribution < -0.4 is 0 Å². The molecule has 0 heterocycles. The van der Waals surface area contributed by atoms with Gasteiger partial charge in [-0.2, -0.15) is 0 Å². The molecule has 1 unspecified atom stereocenters. The average Bonchev–Trinajstić information content (AvgIpc) is 2.97. The van der Waals surface area contributed by atoms with E-state index in [2.05, 4.69) is 15.9 Å². The van der Waals surface area contributed by atoms with Gasteiger partial charge in [-0.3, -0.25) is 4.99 Å². The number of halogens is 1. The van der Waals surface area contributed by atoms with E-state index in [0.29, 0.717) is 19.8 Å². The van der Waals surface area contributed by atoms with Crippen molar-refractivity contribution in [2.75, 3.05) is 20.8 Å². The predicted octanol–water partition coefficient (Wildman–Crippen LogP) is 7.57. The molecule has 0 saturated heterocycles. The highest BCUT2D eigenvalue weighted by atomic mass is 79.9. The molecule has 4 aromatic carbocycles. The maximum Gasteiger partial charge on any atom is 0.335 e. The molecule has 202 valence electrons. The summed E-state index contributed by atoms with van der Waals surface area (Å²) in [6.07, 6.45) is 0.